The normalized spacial score (nSPS) is 25.9. The van der Waals surface area contributed by atoms with E-state index in [9.17, 15) is 0 Å². The summed E-state index contributed by atoms with van der Waals surface area (Å²) >= 11 is 3.81. The first-order chi connectivity index (χ1) is 7.77. The molecular weight excluding hydrogens is 264 g/mol. The van der Waals surface area contributed by atoms with Crippen LogP contribution in [0.2, 0.25) is 0 Å². The van der Waals surface area contributed by atoms with E-state index in [1.807, 2.05) is 18.5 Å². The van der Waals surface area contributed by atoms with E-state index in [1.165, 1.54) is 31.2 Å². The summed E-state index contributed by atoms with van der Waals surface area (Å²) in [6.07, 6.45) is 9.14. The van der Waals surface area contributed by atoms with Crippen LogP contribution in [-0.2, 0) is 6.54 Å². The smallest absolute Gasteiger partial charge is 0.0312 e. The van der Waals surface area contributed by atoms with Gasteiger partial charge < -0.3 is 0 Å². The Hall–Kier alpha value is -0.410. The summed E-state index contributed by atoms with van der Waals surface area (Å²) in [6, 6.07) is 4.83. The molecule has 1 aliphatic rings. The van der Waals surface area contributed by atoms with Gasteiger partial charge in [0, 0.05) is 29.8 Å². The average Bonchev–Trinajstić information content (AvgIpc) is 2.31. The Morgan fingerprint density at radius 1 is 1.44 bits per heavy atom. The SMILES string of the molecule is CN(Cc1cccnc1)C1CCCCC1Br. The van der Waals surface area contributed by atoms with Crippen molar-refractivity contribution in [1.82, 2.24) is 9.88 Å². The van der Waals surface area contributed by atoms with E-state index < -0.39 is 0 Å². The Bertz CT molecular complexity index is 315. The van der Waals surface area contributed by atoms with Crippen LogP contribution in [0.3, 0.4) is 0 Å². The molecule has 16 heavy (non-hydrogen) atoms. The van der Waals surface area contributed by atoms with E-state index in [-0.39, 0.29) is 0 Å². The van der Waals surface area contributed by atoms with Crippen molar-refractivity contribution in [2.45, 2.75) is 43.1 Å². The number of hydrogen-bond donors (Lipinski definition) is 0. The van der Waals surface area contributed by atoms with Gasteiger partial charge in [0.05, 0.1) is 0 Å². The monoisotopic (exact) mass is 282 g/mol. The average molecular weight is 283 g/mol. The molecule has 1 aliphatic carbocycles. The molecule has 0 radical (unpaired) electrons. The predicted octanol–water partition coefficient (Wildman–Crippen LogP) is 3.22. The summed E-state index contributed by atoms with van der Waals surface area (Å²) in [4.78, 5) is 7.27. The van der Waals surface area contributed by atoms with Crippen LogP contribution in [0.25, 0.3) is 0 Å². The van der Waals surface area contributed by atoms with Crippen LogP contribution in [0.15, 0.2) is 24.5 Å². The quantitative estimate of drug-likeness (QED) is 0.792. The van der Waals surface area contributed by atoms with Crippen molar-refractivity contribution in [3.05, 3.63) is 30.1 Å². The molecule has 3 heteroatoms. The van der Waals surface area contributed by atoms with Crippen LogP contribution in [0.5, 0.6) is 0 Å². The van der Waals surface area contributed by atoms with Crippen LogP contribution in [0, 0.1) is 0 Å². The number of hydrogen-bond acceptors (Lipinski definition) is 2. The third-order valence-electron chi connectivity index (χ3n) is 3.37. The summed E-state index contributed by atoms with van der Waals surface area (Å²) in [6.45, 7) is 1.00. The fraction of sp³-hybridized carbons (Fsp3) is 0.615. The fourth-order valence-electron chi connectivity index (χ4n) is 2.46. The maximum Gasteiger partial charge on any atom is 0.0312 e. The second-order valence-corrected chi connectivity index (χ2v) is 5.82. The molecule has 1 fully saturated rings. The van der Waals surface area contributed by atoms with E-state index in [2.05, 4.69) is 38.9 Å². The molecule has 0 N–H and O–H groups in total. The Morgan fingerprint density at radius 2 is 2.25 bits per heavy atom. The molecule has 1 saturated carbocycles. The number of halogens is 1. The minimum atomic E-state index is 0.655. The summed E-state index contributed by atoms with van der Waals surface area (Å²) in [5.41, 5.74) is 1.30. The van der Waals surface area contributed by atoms with Gasteiger partial charge in [0.2, 0.25) is 0 Å². The zero-order valence-corrected chi connectivity index (χ0v) is 11.4. The van der Waals surface area contributed by atoms with E-state index in [0.717, 1.165) is 6.54 Å². The Balaban J connectivity index is 1.94. The lowest BCUT2D eigenvalue weighted by atomic mass is 9.94. The van der Waals surface area contributed by atoms with Gasteiger partial charge in [0.25, 0.3) is 0 Å². The van der Waals surface area contributed by atoms with E-state index >= 15 is 0 Å². The molecule has 88 valence electrons. The number of pyridine rings is 1. The molecule has 0 bridgehead atoms. The molecule has 0 aliphatic heterocycles. The maximum absolute atomic E-state index is 4.16. The minimum Gasteiger partial charge on any atom is -0.298 e. The van der Waals surface area contributed by atoms with E-state index in [1.54, 1.807) is 0 Å². The standard InChI is InChI=1S/C13H19BrN2/c1-16(10-11-5-4-8-15-9-11)13-7-3-2-6-12(13)14/h4-5,8-9,12-13H,2-3,6-7,10H2,1H3. The molecule has 2 rings (SSSR count). The first-order valence-electron chi connectivity index (χ1n) is 6.00. The van der Waals surface area contributed by atoms with Crippen LogP contribution in [-0.4, -0.2) is 27.8 Å². The van der Waals surface area contributed by atoms with Gasteiger partial charge >= 0.3 is 0 Å². The molecule has 1 heterocycles. The van der Waals surface area contributed by atoms with E-state index in [0.29, 0.717) is 10.9 Å². The second kappa shape index (κ2) is 5.78. The zero-order chi connectivity index (χ0) is 11.4. The summed E-state index contributed by atoms with van der Waals surface area (Å²) in [5, 5.41) is 0. The summed E-state index contributed by atoms with van der Waals surface area (Å²) in [5.74, 6) is 0. The molecule has 0 saturated heterocycles. The first kappa shape index (κ1) is 12.1. The molecule has 2 unspecified atom stereocenters. The van der Waals surface area contributed by atoms with Gasteiger partial charge in [-0.05, 0) is 31.5 Å². The highest BCUT2D eigenvalue weighted by atomic mass is 79.9. The predicted molar refractivity (Wildman–Crippen MR) is 70.7 cm³/mol. The van der Waals surface area contributed by atoms with Crippen LogP contribution in [0.1, 0.15) is 31.2 Å². The first-order valence-corrected chi connectivity index (χ1v) is 6.92. The highest BCUT2D eigenvalue weighted by molar-refractivity contribution is 9.09. The molecule has 2 atom stereocenters. The topological polar surface area (TPSA) is 16.1 Å². The third-order valence-corrected chi connectivity index (χ3v) is 4.44. The van der Waals surface area contributed by atoms with Crippen molar-refractivity contribution in [1.29, 1.82) is 0 Å². The molecule has 2 nitrogen and oxygen atoms in total. The lowest BCUT2D eigenvalue weighted by Crippen LogP contribution is -2.40. The number of alkyl halides is 1. The second-order valence-electron chi connectivity index (χ2n) is 4.64. The zero-order valence-electron chi connectivity index (χ0n) is 9.77. The molecule has 0 amide bonds. The molecular formula is C13H19BrN2. The Morgan fingerprint density at radius 3 is 2.94 bits per heavy atom. The van der Waals surface area contributed by atoms with Crippen molar-refractivity contribution in [2.75, 3.05) is 7.05 Å². The summed E-state index contributed by atoms with van der Waals surface area (Å²) in [7, 11) is 2.22. The molecule has 1 aromatic heterocycles. The van der Waals surface area contributed by atoms with Gasteiger partial charge in [-0.25, -0.2) is 0 Å². The van der Waals surface area contributed by atoms with Crippen molar-refractivity contribution >= 4 is 15.9 Å². The van der Waals surface area contributed by atoms with Crippen molar-refractivity contribution in [2.24, 2.45) is 0 Å². The van der Waals surface area contributed by atoms with Crippen molar-refractivity contribution in [3.63, 3.8) is 0 Å². The van der Waals surface area contributed by atoms with Crippen LogP contribution >= 0.6 is 15.9 Å². The largest absolute Gasteiger partial charge is 0.298 e. The maximum atomic E-state index is 4.16. The van der Waals surface area contributed by atoms with E-state index in [4.69, 9.17) is 0 Å². The lowest BCUT2D eigenvalue weighted by molar-refractivity contribution is 0.193. The fourth-order valence-corrected chi connectivity index (χ4v) is 3.45. The van der Waals surface area contributed by atoms with Gasteiger partial charge in [-0.3, -0.25) is 9.88 Å². The lowest BCUT2D eigenvalue weighted by Gasteiger charge is -2.35. The molecule has 0 spiro atoms. The number of rotatable bonds is 3. The number of nitrogens with zero attached hydrogens (tertiary/aromatic N) is 2. The highest BCUT2D eigenvalue weighted by Crippen LogP contribution is 2.28. The summed E-state index contributed by atoms with van der Waals surface area (Å²) < 4.78 is 0. The minimum absolute atomic E-state index is 0.655. The van der Waals surface area contributed by atoms with Gasteiger partial charge in [-0.15, -0.1) is 0 Å². The molecule has 1 aromatic rings. The van der Waals surface area contributed by atoms with Gasteiger partial charge in [-0.2, -0.15) is 0 Å². The Labute approximate surface area is 106 Å². The highest BCUT2D eigenvalue weighted by Gasteiger charge is 2.25. The van der Waals surface area contributed by atoms with Crippen LogP contribution in [0.4, 0.5) is 0 Å². The van der Waals surface area contributed by atoms with Crippen molar-refractivity contribution in [3.8, 4) is 0 Å². The van der Waals surface area contributed by atoms with Crippen molar-refractivity contribution < 1.29 is 0 Å². The van der Waals surface area contributed by atoms with Gasteiger partial charge in [0.15, 0.2) is 0 Å². The number of aromatic nitrogens is 1. The third kappa shape index (κ3) is 3.05. The molecule has 0 aromatic carbocycles. The van der Waals surface area contributed by atoms with Gasteiger partial charge in [0.1, 0.15) is 0 Å². The Kier molecular flexibility index (Phi) is 4.36. The van der Waals surface area contributed by atoms with Gasteiger partial charge in [-0.1, -0.05) is 34.8 Å². The van der Waals surface area contributed by atoms with Crippen LogP contribution < -0.4 is 0 Å².